The predicted octanol–water partition coefficient (Wildman–Crippen LogP) is 2.92. The highest BCUT2D eigenvalue weighted by atomic mass is 32.2. The van der Waals surface area contributed by atoms with E-state index in [4.69, 9.17) is 0 Å². The van der Waals surface area contributed by atoms with Crippen LogP contribution in [-0.2, 0) is 14.8 Å². The number of anilines is 1. The second kappa shape index (κ2) is 7.82. The Kier molecular flexibility index (Phi) is 5.97. The van der Waals surface area contributed by atoms with Crippen molar-refractivity contribution in [1.82, 2.24) is 5.32 Å². The standard InChI is InChI=1S/C18H20F2N2O3S/c1-12-6-4-5-7-17(12)22(26(3,24)25)11-18(23)21-13(2)15-10-14(19)8-9-16(15)20/h4-10,13H,11H2,1-3H3,(H,21,23). The third kappa shape index (κ3) is 4.78. The van der Waals surface area contributed by atoms with Crippen molar-refractivity contribution in [3.63, 3.8) is 0 Å². The van der Waals surface area contributed by atoms with Gasteiger partial charge in [-0.25, -0.2) is 17.2 Å². The number of carbonyl (C=O) groups is 1. The van der Waals surface area contributed by atoms with Crippen molar-refractivity contribution < 1.29 is 22.0 Å². The van der Waals surface area contributed by atoms with Gasteiger partial charge in [-0.2, -0.15) is 0 Å². The number of aryl methyl sites for hydroxylation is 1. The SMILES string of the molecule is Cc1ccccc1N(CC(=O)NC(C)c1cc(F)ccc1F)S(C)(=O)=O. The van der Waals surface area contributed by atoms with Gasteiger partial charge in [0.05, 0.1) is 18.0 Å². The minimum atomic E-state index is -3.71. The molecule has 1 atom stereocenters. The fourth-order valence-corrected chi connectivity index (χ4v) is 3.48. The molecule has 0 spiro atoms. The van der Waals surface area contributed by atoms with Gasteiger partial charge in [-0.15, -0.1) is 0 Å². The summed E-state index contributed by atoms with van der Waals surface area (Å²) >= 11 is 0. The van der Waals surface area contributed by atoms with Gasteiger partial charge in [0.1, 0.15) is 18.2 Å². The maximum atomic E-state index is 13.8. The van der Waals surface area contributed by atoms with Crippen LogP contribution in [0.3, 0.4) is 0 Å². The number of nitrogens with one attached hydrogen (secondary N) is 1. The highest BCUT2D eigenvalue weighted by molar-refractivity contribution is 7.92. The van der Waals surface area contributed by atoms with Gasteiger partial charge < -0.3 is 5.32 Å². The largest absolute Gasteiger partial charge is 0.348 e. The quantitative estimate of drug-likeness (QED) is 0.835. The van der Waals surface area contributed by atoms with Gasteiger partial charge in [0.25, 0.3) is 0 Å². The number of rotatable bonds is 6. The van der Waals surface area contributed by atoms with Crippen molar-refractivity contribution in [1.29, 1.82) is 0 Å². The molecule has 2 aromatic rings. The number of benzene rings is 2. The molecule has 140 valence electrons. The Morgan fingerprint density at radius 3 is 2.46 bits per heavy atom. The summed E-state index contributed by atoms with van der Waals surface area (Å²) in [5.74, 6) is -1.91. The number of carbonyl (C=O) groups excluding carboxylic acids is 1. The van der Waals surface area contributed by atoms with E-state index < -0.39 is 40.2 Å². The third-order valence-corrected chi connectivity index (χ3v) is 5.00. The van der Waals surface area contributed by atoms with Gasteiger partial charge in [-0.1, -0.05) is 18.2 Å². The number of para-hydroxylation sites is 1. The summed E-state index contributed by atoms with van der Waals surface area (Å²) in [6, 6.07) is 8.89. The van der Waals surface area contributed by atoms with Crippen LogP contribution in [0.5, 0.6) is 0 Å². The van der Waals surface area contributed by atoms with Crippen LogP contribution in [0.15, 0.2) is 42.5 Å². The molecule has 0 fully saturated rings. The molecule has 8 heteroatoms. The molecule has 0 aliphatic heterocycles. The molecule has 0 saturated heterocycles. The van der Waals surface area contributed by atoms with Crippen molar-refractivity contribution in [3.8, 4) is 0 Å². The zero-order valence-electron chi connectivity index (χ0n) is 14.7. The van der Waals surface area contributed by atoms with Crippen LogP contribution in [0.4, 0.5) is 14.5 Å². The fraction of sp³-hybridized carbons (Fsp3) is 0.278. The lowest BCUT2D eigenvalue weighted by Gasteiger charge is -2.24. The smallest absolute Gasteiger partial charge is 0.241 e. The van der Waals surface area contributed by atoms with Crippen molar-refractivity contribution in [2.75, 3.05) is 17.1 Å². The van der Waals surface area contributed by atoms with Gasteiger partial charge in [0.2, 0.25) is 15.9 Å². The van der Waals surface area contributed by atoms with Crippen molar-refractivity contribution >= 4 is 21.6 Å². The van der Waals surface area contributed by atoms with Crippen LogP contribution in [0.25, 0.3) is 0 Å². The van der Waals surface area contributed by atoms with E-state index in [9.17, 15) is 22.0 Å². The van der Waals surface area contributed by atoms with Crippen molar-refractivity contribution in [3.05, 3.63) is 65.2 Å². The molecule has 5 nitrogen and oxygen atoms in total. The second-order valence-corrected chi connectivity index (χ2v) is 7.92. The maximum absolute atomic E-state index is 13.8. The third-order valence-electron chi connectivity index (χ3n) is 3.87. The fourth-order valence-electron chi connectivity index (χ4n) is 2.57. The summed E-state index contributed by atoms with van der Waals surface area (Å²) in [6.07, 6.45) is 1.00. The van der Waals surface area contributed by atoms with Crippen LogP contribution in [0.1, 0.15) is 24.1 Å². The average Bonchev–Trinajstić information content (AvgIpc) is 2.54. The van der Waals surface area contributed by atoms with Crippen LogP contribution in [0.2, 0.25) is 0 Å². The lowest BCUT2D eigenvalue weighted by molar-refractivity contribution is -0.120. The summed E-state index contributed by atoms with van der Waals surface area (Å²) in [5.41, 5.74) is 1.06. The average molecular weight is 382 g/mol. The Bertz CT molecular complexity index is 916. The number of hydrogen-bond acceptors (Lipinski definition) is 3. The minimum absolute atomic E-state index is 0.0138. The maximum Gasteiger partial charge on any atom is 0.241 e. The van der Waals surface area contributed by atoms with Crippen LogP contribution in [-0.4, -0.2) is 27.1 Å². The molecular weight excluding hydrogens is 362 g/mol. The molecule has 1 amide bonds. The van der Waals surface area contributed by atoms with E-state index in [0.29, 0.717) is 11.3 Å². The Morgan fingerprint density at radius 2 is 1.85 bits per heavy atom. The zero-order chi connectivity index (χ0) is 19.5. The summed E-state index contributed by atoms with van der Waals surface area (Å²) < 4.78 is 52.3. The van der Waals surface area contributed by atoms with Crippen molar-refractivity contribution in [2.24, 2.45) is 0 Å². The van der Waals surface area contributed by atoms with Crippen molar-refractivity contribution in [2.45, 2.75) is 19.9 Å². The predicted molar refractivity (Wildman–Crippen MR) is 96.3 cm³/mol. The van der Waals surface area contributed by atoms with E-state index >= 15 is 0 Å². The normalized spacial score (nSPS) is 12.5. The van der Waals surface area contributed by atoms with Crippen LogP contribution < -0.4 is 9.62 Å². The van der Waals surface area contributed by atoms with E-state index in [1.54, 1.807) is 31.2 Å². The number of amides is 1. The molecule has 2 aromatic carbocycles. The first-order valence-corrected chi connectivity index (χ1v) is 9.72. The first-order valence-electron chi connectivity index (χ1n) is 7.87. The molecule has 0 aliphatic rings. The molecule has 0 saturated carbocycles. The number of halogens is 2. The lowest BCUT2D eigenvalue weighted by Crippen LogP contribution is -2.41. The van der Waals surface area contributed by atoms with Gasteiger partial charge in [-0.05, 0) is 43.7 Å². The number of nitrogens with zero attached hydrogens (tertiary/aromatic N) is 1. The lowest BCUT2D eigenvalue weighted by atomic mass is 10.1. The summed E-state index contributed by atoms with van der Waals surface area (Å²) in [6.45, 7) is 2.76. The number of hydrogen-bond donors (Lipinski definition) is 1. The second-order valence-electron chi connectivity index (χ2n) is 6.01. The Hall–Kier alpha value is -2.48. The molecule has 26 heavy (non-hydrogen) atoms. The molecule has 0 heterocycles. The summed E-state index contributed by atoms with van der Waals surface area (Å²) in [4.78, 5) is 12.3. The van der Waals surface area contributed by atoms with E-state index in [-0.39, 0.29) is 5.56 Å². The molecule has 0 aromatic heterocycles. The molecule has 2 rings (SSSR count). The molecule has 1 N–H and O–H groups in total. The van der Waals surface area contributed by atoms with E-state index in [1.165, 1.54) is 6.92 Å². The van der Waals surface area contributed by atoms with Crippen LogP contribution >= 0.6 is 0 Å². The molecule has 0 radical (unpaired) electrons. The molecular formula is C18H20F2N2O3S. The molecule has 0 bridgehead atoms. The van der Waals surface area contributed by atoms with Gasteiger partial charge >= 0.3 is 0 Å². The Morgan fingerprint density at radius 1 is 1.19 bits per heavy atom. The first kappa shape index (κ1) is 19.8. The van der Waals surface area contributed by atoms with Gasteiger partial charge in [-0.3, -0.25) is 9.10 Å². The monoisotopic (exact) mass is 382 g/mol. The first-order chi connectivity index (χ1) is 12.1. The number of sulfonamides is 1. The van der Waals surface area contributed by atoms with Crippen LogP contribution in [0, 0.1) is 18.6 Å². The topological polar surface area (TPSA) is 66.5 Å². The summed E-state index contributed by atoms with van der Waals surface area (Å²) in [7, 11) is -3.71. The molecule has 1 unspecified atom stereocenters. The Balaban J connectivity index is 2.20. The van der Waals surface area contributed by atoms with E-state index in [0.717, 1.165) is 28.8 Å². The highest BCUT2D eigenvalue weighted by Crippen LogP contribution is 2.22. The highest BCUT2D eigenvalue weighted by Gasteiger charge is 2.23. The van der Waals surface area contributed by atoms with Gasteiger partial charge in [0.15, 0.2) is 0 Å². The Labute approximate surface area is 151 Å². The minimum Gasteiger partial charge on any atom is -0.348 e. The van der Waals surface area contributed by atoms with E-state index in [1.807, 2.05) is 0 Å². The molecule has 0 aliphatic carbocycles. The van der Waals surface area contributed by atoms with E-state index in [2.05, 4.69) is 5.32 Å². The van der Waals surface area contributed by atoms with Gasteiger partial charge in [0, 0.05) is 5.56 Å². The zero-order valence-corrected chi connectivity index (χ0v) is 15.5. The summed E-state index contributed by atoms with van der Waals surface area (Å²) in [5, 5.41) is 2.50.